The van der Waals surface area contributed by atoms with E-state index >= 15 is 0 Å². The van der Waals surface area contributed by atoms with E-state index in [9.17, 15) is 0 Å². The molecule has 0 radical (unpaired) electrons. The van der Waals surface area contributed by atoms with Crippen molar-refractivity contribution < 1.29 is 5.11 Å². The molecule has 0 aromatic carbocycles. The molecule has 0 saturated heterocycles. The van der Waals surface area contributed by atoms with Crippen molar-refractivity contribution >= 4 is 0 Å². The van der Waals surface area contributed by atoms with Crippen molar-refractivity contribution in [2.45, 2.75) is 39.7 Å². The monoisotopic (exact) mass is 157 g/mol. The first-order chi connectivity index (χ1) is 4.92. The molecule has 1 unspecified atom stereocenters. The molecule has 11 heavy (non-hydrogen) atoms. The fraction of sp³-hybridized carbons (Fsp3) is 1.00. The predicted molar refractivity (Wildman–Crippen MR) is 46.2 cm³/mol. The summed E-state index contributed by atoms with van der Waals surface area (Å²) < 4.78 is 0. The SMILES string of the molecule is CC(C)(C)C(N)C1(CO)CC1. The Bertz CT molecular complexity index is 144. The highest BCUT2D eigenvalue weighted by molar-refractivity contribution is 5.04. The zero-order valence-electron chi connectivity index (χ0n) is 7.72. The summed E-state index contributed by atoms with van der Waals surface area (Å²) >= 11 is 0. The lowest BCUT2D eigenvalue weighted by molar-refractivity contribution is 0.133. The first-order valence-electron chi connectivity index (χ1n) is 4.29. The zero-order chi connectivity index (χ0) is 8.70. The van der Waals surface area contributed by atoms with E-state index in [-0.39, 0.29) is 23.5 Å². The second kappa shape index (κ2) is 2.46. The summed E-state index contributed by atoms with van der Waals surface area (Å²) in [6, 6.07) is 0.139. The normalized spacial score (nSPS) is 24.8. The summed E-state index contributed by atoms with van der Waals surface area (Å²) in [7, 11) is 0. The van der Waals surface area contributed by atoms with E-state index in [0.29, 0.717) is 0 Å². The molecule has 1 atom stereocenters. The van der Waals surface area contributed by atoms with E-state index in [1.54, 1.807) is 0 Å². The maximum absolute atomic E-state index is 9.11. The van der Waals surface area contributed by atoms with E-state index in [1.807, 2.05) is 0 Å². The van der Waals surface area contributed by atoms with Gasteiger partial charge in [-0.2, -0.15) is 0 Å². The summed E-state index contributed by atoms with van der Waals surface area (Å²) in [4.78, 5) is 0. The van der Waals surface area contributed by atoms with Gasteiger partial charge in [-0.15, -0.1) is 0 Å². The number of hydrogen-bond donors (Lipinski definition) is 2. The van der Waals surface area contributed by atoms with Gasteiger partial charge in [0.2, 0.25) is 0 Å². The standard InChI is InChI=1S/C9H19NO/c1-8(2,3)7(10)9(6-11)4-5-9/h7,11H,4-6,10H2,1-3H3. The van der Waals surface area contributed by atoms with Gasteiger partial charge in [0.1, 0.15) is 0 Å². The molecule has 1 fully saturated rings. The molecule has 1 aliphatic carbocycles. The van der Waals surface area contributed by atoms with Gasteiger partial charge in [-0.05, 0) is 18.3 Å². The van der Waals surface area contributed by atoms with Crippen molar-refractivity contribution in [2.75, 3.05) is 6.61 Å². The summed E-state index contributed by atoms with van der Waals surface area (Å²) in [6.45, 7) is 6.65. The van der Waals surface area contributed by atoms with Crippen LogP contribution in [-0.2, 0) is 0 Å². The van der Waals surface area contributed by atoms with Crippen molar-refractivity contribution in [2.24, 2.45) is 16.6 Å². The Morgan fingerprint density at radius 3 is 2.00 bits per heavy atom. The smallest absolute Gasteiger partial charge is 0.0502 e. The minimum Gasteiger partial charge on any atom is -0.396 e. The maximum atomic E-state index is 9.11. The quantitative estimate of drug-likeness (QED) is 0.631. The maximum Gasteiger partial charge on any atom is 0.0502 e. The van der Waals surface area contributed by atoms with Crippen LogP contribution < -0.4 is 5.73 Å². The van der Waals surface area contributed by atoms with Crippen LogP contribution >= 0.6 is 0 Å². The summed E-state index contributed by atoms with van der Waals surface area (Å²) in [5.74, 6) is 0. The van der Waals surface area contributed by atoms with Crippen LogP contribution in [0.25, 0.3) is 0 Å². The molecule has 0 bridgehead atoms. The molecule has 66 valence electrons. The van der Waals surface area contributed by atoms with E-state index in [0.717, 1.165) is 12.8 Å². The van der Waals surface area contributed by atoms with Crippen molar-refractivity contribution in [3.63, 3.8) is 0 Å². The van der Waals surface area contributed by atoms with Gasteiger partial charge in [-0.1, -0.05) is 20.8 Å². The zero-order valence-corrected chi connectivity index (χ0v) is 7.72. The van der Waals surface area contributed by atoms with Crippen molar-refractivity contribution in [3.05, 3.63) is 0 Å². The lowest BCUT2D eigenvalue weighted by atomic mass is 9.78. The average molecular weight is 157 g/mol. The number of aliphatic hydroxyl groups excluding tert-OH is 1. The van der Waals surface area contributed by atoms with Crippen LogP contribution in [0.15, 0.2) is 0 Å². The molecule has 3 N–H and O–H groups in total. The predicted octanol–water partition coefficient (Wildman–Crippen LogP) is 1.13. The second-order valence-corrected chi connectivity index (χ2v) is 4.86. The minimum absolute atomic E-state index is 0.0677. The van der Waals surface area contributed by atoms with Gasteiger partial charge in [-0.3, -0.25) is 0 Å². The number of aliphatic hydroxyl groups is 1. The Hall–Kier alpha value is -0.0800. The second-order valence-electron chi connectivity index (χ2n) is 4.86. The van der Waals surface area contributed by atoms with Gasteiger partial charge in [0, 0.05) is 11.5 Å². The van der Waals surface area contributed by atoms with Crippen LogP contribution in [0.1, 0.15) is 33.6 Å². The molecule has 0 aromatic rings. The highest BCUT2D eigenvalue weighted by Crippen LogP contribution is 2.51. The molecule has 0 aromatic heterocycles. The van der Waals surface area contributed by atoms with Gasteiger partial charge in [0.25, 0.3) is 0 Å². The molecule has 0 aliphatic heterocycles. The third-order valence-electron chi connectivity index (χ3n) is 2.80. The van der Waals surface area contributed by atoms with Gasteiger partial charge < -0.3 is 10.8 Å². The Kier molecular flexibility index (Phi) is 2.01. The highest BCUT2D eigenvalue weighted by atomic mass is 16.3. The van der Waals surface area contributed by atoms with E-state index in [2.05, 4.69) is 20.8 Å². The minimum atomic E-state index is 0.0677. The van der Waals surface area contributed by atoms with Gasteiger partial charge in [-0.25, -0.2) is 0 Å². The number of nitrogens with two attached hydrogens (primary N) is 1. The fourth-order valence-corrected chi connectivity index (χ4v) is 1.65. The van der Waals surface area contributed by atoms with Gasteiger partial charge in [0.05, 0.1) is 6.61 Å². The van der Waals surface area contributed by atoms with Crippen LogP contribution in [0.2, 0.25) is 0 Å². The van der Waals surface area contributed by atoms with Crippen molar-refractivity contribution in [1.29, 1.82) is 0 Å². The molecular weight excluding hydrogens is 138 g/mol. The molecule has 0 amide bonds. The highest BCUT2D eigenvalue weighted by Gasteiger charge is 2.50. The first-order valence-corrected chi connectivity index (χ1v) is 4.29. The van der Waals surface area contributed by atoms with Crippen molar-refractivity contribution in [3.8, 4) is 0 Å². The van der Waals surface area contributed by atoms with Crippen LogP contribution in [0.5, 0.6) is 0 Å². The molecule has 1 rings (SSSR count). The Morgan fingerprint density at radius 2 is 1.91 bits per heavy atom. The third-order valence-corrected chi connectivity index (χ3v) is 2.80. The number of rotatable bonds is 2. The average Bonchev–Trinajstić information content (AvgIpc) is 2.64. The van der Waals surface area contributed by atoms with E-state index in [1.165, 1.54) is 0 Å². The third kappa shape index (κ3) is 1.57. The summed E-state index contributed by atoms with van der Waals surface area (Å²) in [6.07, 6.45) is 2.20. The number of hydrogen-bond acceptors (Lipinski definition) is 2. The van der Waals surface area contributed by atoms with Crippen LogP contribution in [0.3, 0.4) is 0 Å². The summed E-state index contributed by atoms with van der Waals surface area (Å²) in [5.41, 5.74) is 6.23. The van der Waals surface area contributed by atoms with E-state index < -0.39 is 0 Å². The van der Waals surface area contributed by atoms with Crippen LogP contribution in [0.4, 0.5) is 0 Å². The Balaban J connectivity index is 2.61. The Morgan fingerprint density at radius 1 is 1.45 bits per heavy atom. The van der Waals surface area contributed by atoms with E-state index in [4.69, 9.17) is 10.8 Å². The van der Waals surface area contributed by atoms with Gasteiger partial charge in [0.15, 0.2) is 0 Å². The fourth-order valence-electron chi connectivity index (χ4n) is 1.65. The van der Waals surface area contributed by atoms with Crippen molar-refractivity contribution in [1.82, 2.24) is 0 Å². The first kappa shape index (κ1) is 9.01. The lowest BCUT2D eigenvalue weighted by Gasteiger charge is -2.33. The summed E-state index contributed by atoms with van der Waals surface area (Å²) in [5, 5.41) is 9.11. The molecule has 2 nitrogen and oxygen atoms in total. The molecule has 2 heteroatoms. The molecule has 1 aliphatic rings. The van der Waals surface area contributed by atoms with Crippen LogP contribution in [-0.4, -0.2) is 17.8 Å². The molecule has 1 saturated carbocycles. The van der Waals surface area contributed by atoms with Gasteiger partial charge >= 0.3 is 0 Å². The largest absolute Gasteiger partial charge is 0.396 e. The molecule has 0 heterocycles. The molecule has 0 spiro atoms. The topological polar surface area (TPSA) is 46.2 Å². The van der Waals surface area contributed by atoms with Crippen LogP contribution in [0, 0.1) is 10.8 Å². The molecular formula is C9H19NO. The lowest BCUT2D eigenvalue weighted by Crippen LogP contribution is -2.44. The Labute approximate surface area is 68.8 Å².